The smallest absolute Gasteiger partial charge is 0.338 e. The number of hydrogen-bond acceptors (Lipinski definition) is 6. The summed E-state index contributed by atoms with van der Waals surface area (Å²) in [7, 11) is 0. The van der Waals surface area contributed by atoms with Gasteiger partial charge in [0.2, 0.25) is 0 Å². The third-order valence-electron chi connectivity index (χ3n) is 5.04. The molecule has 0 spiro atoms. The Morgan fingerprint density at radius 2 is 1.91 bits per heavy atom. The average molecular weight is 613 g/mol. The number of aromatic hydroxyl groups is 1. The lowest BCUT2D eigenvalue weighted by atomic mass is 9.96. The number of rotatable bonds is 4. The summed E-state index contributed by atoms with van der Waals surface area (Å²) in [5.74, 6) is -0.439. The molecule has 33 heavy (non-hydrogen) atoms. The van der Waals surface area contributed by atoms with Gasteiger partial charge >= 0.3 is 5.97 Å². The number of nitrogens with zero attached hydrogens (tertiary/aromatic N) is 2. The number of carbonyl (C=O) groups excluding carboxylic acids is 1. The molecule has 1 aliphatic heterocycles. The molecule has 170 valence electrons. The molecule has 6 nitrogen and oxygen atoms in total. The van der Waals surface area contributed by atoms with E-state index in [1.165, 1.54) is 15.9 Å². The van der Waals surface area contributed by atoms with Crippen LogP contribution in [0.15, 0.2) is 66.4 Å². The molecule has 1 N–H and O–H groups in total. The number of fused-ring (bicyclic) bond motifs is 1. The van der Waals surface area contributed by atoms with Gasteiger partial charge in [-0.3, -0.25) is 9.36 Å². The van der Waals surface area contributed by atoms with Crippen molar-refractivity contribution in [2.24, 2.45) is 4.99 Å². The Hall–Kier alpha value is -2.20. The Balaban J connectivity index is 1.96. The maximum Gasteiger partial charge on any atom is 0.338 e. The number of phenolic OH excluding ortho intramolecular Hbond substituents is 1. The van der Waals surface area contributed by atoms with Crippen molar-refractivity contribution in [1.29, 1.82) is 0 Å². The molecular formula is C23H17Br2ClN2O4S. The minimum Gasteiger partial charge on any atom is -0.506 e. The summed E-state index contributed by atoms with van der Waals surface area (Å²) >= 11 is 13.9. The second-order valence-electron chi connectivity index (χ2n) is 7.19. The van der Waals surface area contributed by atoms with Crippen molar-refractivity contribution >= 4 is 66.8 Å². The number of hydrogen-bond donors (Lipinski definition) is 1. The first kappa shape index (κ1) is 23.9. The van der Waals surface area contributed by atoms with Gasteiger partial charge in [0.25, 0.3) is 5.56 Å². The fraction of sp³-hybridized carbons (Fsp3) is 0.174. The van der Waals surface area contributed by atoms with E-state index in [0.717, 1.165) is 5.56 Å². The number of carbonyl (C=O) groups is 1. The topological polar surface area (TPSA) is 80.9 Å². The molecule has 0 aliphatic carbocycles. The second kappa shape index (κ2) is 9.58. The molecule has 3 aromatic rings. The van der Waals surface area contributed by atoms with Crippen LogP contribution >= 0.6 is 54.8 Å². The minimum absolute atomic E-state index is 0.0750. The Bertz CT molecular complexity index is 1450. The minimum atomic E-state index is -0.696. The zero-order chi connectivity index (χ0) is 23.9. The standard InChI is InChI=1S/C23H17Br2ClN2O4S/c1-3-32-22(31)18-11(2)27-23-28(19(18)13-4-6-14(26)7-5-13)21(30)17(33-23)10-12-8-15(24)20(29)16(25)9-12/h4-10,19,29H,3H2,1-2H3/b17-10-/t19-/m1/s1. The first-order valence-electron chi connectivity index (χ1n) is 9.84. The van der Waals surface area contributed by atoms with Crippen LogP contribution < -0.4 is 14.9 Å². The van der Waals surface area contributed by atoms with Gasteiger partial charge in [0.05, 0.1) is 37.4 Å². The molecule has 2 aromatic carbocycles. The van der Waals surface area contributed by atoms with Crippen LogP contribution in [0, 0.1) is 0 Å². The highest BCUT2D eigenvalue weighted by molar-refractivity contribution is 9.11. The van der Waals surface area contributed by atoms with Crippen LogP contribution in [-0.2, 0) is 9.53 Å². The van der Waals surface area contributed by atoms with E-state index in [1.54, 1.807) is 56.3 Å². The van der Waals surface area contributed by atoms with Crippen molar-refractivity contribution in [3.8, 4) is 5.75 Å². The third-order valence-corrected chi connectivity index (χ3v) is 7.48. The average Bonchev–Trinajstić information content (AvgIpc) is 3.06. The number of phenols is 1. The molecule has 2 heterocycles. The Labute approximate surface area is 214 Å². The van der Waals surface area contributed by atoms with Gasteiger partial charge in [0, 0.05) is 5.02 Å². The van der Waals surface area contributed by atoms with Crippen LogP contribution in [-0.4, -0.2) is 22.2 Å². The van der Waals surface area contributed by atoms with E-state index in [2.05, 4.69) is 36.9 Å². The summed E-state index contributed by atoms with van der Waals surface area (Å²) in [6.45, 7) is 3.67. The molecule has 0 bridgehead atoms. The second-order valence-corrected chi connectivity index (χ2v) is 10.3. The highest BCUT2D eigenvalue weighted by Crippen LogP contribution is 2.34. The van der Waals surface area contributed by atoms with Crippen LogP contribution in [0.2, 0.25) is 5.02 Å². The van der Waals surface area contributed by atoms with Crippen molar-refractivity contribution in [3.05, 3.63) is 92.5 Å². The van der Waals surface area contributed by atoms with E-state index in [1.807, 2.05) is 0 Å². The lowest BCUT2D eigenvalue weighted by Crippen LogP contribution is -2.39. The van der Waals surface area contributed by atoms with Gasteiger partial charge in [-0.25, -0.2) is 9.79 Å². The molecule has 10 heteroatoms. The molecular weight excluding hydrogens is 596 g/mol. The molecule has 0 saturated heterocycles. The monoisotopic (exact) mass is 610 g/mol. The van der Waals surface area contributed by atoms with E-state index in [-0.39, 0.29) is 17.9 Å². The third kappa shape index (κ3) is 4.59. The quantitative estimate of drug-likeness (QED) is 0.434. The summed E-state index contributed by atoms with van der Waals surface area (Å²) < 4.78 is 8.23. The predicted molar refractivity (Wildman–Crippen MR) is 135 cm³/mol. The van der Waals surface area contributed by atoms with Gasteiger partial charge in [0.1, 0.15) is 5.75 Å². The van der Waals surface area contributed by atoms with Crippen LogP contribution in [0.3, 0.4) is 0 Å². The van der Waals surface area contributed by atoms with E-state index >= 15 is 0 Å². The number of ether oxygens (including phenoxy) is 1. The van der Waals surface area contributed by atoms with Gasteiger partial charge < -0.3 is 9.84 Å². The summed E-state index contributed by atoms with van der Waals surface area (Å²) in [5, 5.41) is 10.5. The molecule has 1 atom stereocenters. The summed E-state index contributed by atoms with van der Waals surface area (Å²) in [6, 6.07) is 9.74. The molecule has 0 unspecified atom stereocenters. The molecule has 0 radical (unpaired) electrons. The SMILES string of the molecule is CCOC(=O)C1=C(C)N=c2s/c(=C\c3cc(Br)c(O)c(Br)c3)c(=O)n2[C@@H]1c1ccc(Cl)cc1. The van der Waals surface area contributed by atoms with Crippen molar-refractivity contribution in [2.75, 3.05) is 6.61 Å². The molecule has 1 aliphatic rings. The van der Waals surface area contributed by atoms with E-state index in [0.29, 0.717) is 40.1 Å². The lowest BCUT2D eigenvalue weighted by molar-refractivity contribution is -0.139. The summed E-state index contributed by atoms with van der Waals surface area (Å²) in [4.78, 5) is 31.4. The highest BCUT2D eigenvalue weighted by atomic mass is 79.9. The van der Waals surface area contributed by atoms with Crippen molar-refractivity contribution in [3.63, 3.8) is 0 Å². The fourth-order valence-corrected chi connectivity index (χ4v) is 5.97. The fourth-order valence-electron chi connectivity index (χ4n) is 3.57. The molecule has 0 saturated carbocycles. The van der Waals surface area contributed by atoms with Crippen molar-refractivity contribution in [1.82, 2.24) is 4.57 Å². The van der Waals surface area contributed by atoms with E-state index < -0.39 is 12.0 Å². The first-order valence-corrected chi connectivity index (χ1v) is 12.6. The Kier molecular flexibility index (Phi) is 6.95. The first-order chi connectivity index (χ1) is 15.7. The predicted octanol–water partition coefficient (Wildman–Crippen LogP) is 4.68. The maximum atomic E-state index is 13.5. The number of aromatic nitrogens is 1. The van der Waals surface area contributed by atoms with E-state index in [9.17, 15) is 14.7 Å². The number of esters is 1. The summed E-state index contributed by atoms with van der Waals surface area (Å²) in [6.07, 6.45) is 1.72. The van der Waals surface area contributed by atoms with Crippen LogP contribution in [0.1, 0.15) is 31.0 Å². The van der Waals surface area contributed by atoms with Crippen molar-refractivity contribution in [2.45, 2.75) is 19.9 Å². The number of allylic oxidation sites excluding steroid dienone is 1. The number of thiazole rings is 1. The lowest BCUT2D eigenvalue weighted by Gasteiger charge is -2.24. The Morgan fingerprint density at radius 1 is 1.27 bits per heavy atom. The molecule has 1 aromatic heterocycles. The van der Waals surface area contributed by atoms with Crippen LogP contribution in [0.5, 0.6) is 5.75 Å². The normalized spacial score (nSPS) is 15.9. The molecule has 4 rings (SSSR count). The van der Waals surface area contributed by atoms with Crippen LogP contribution in [0.25, 0.3) is 6.08 Å². The van der Waals surface area contributed by atoms with Gasteiger partial charge in [0.15, 0.2) is 4.80 Å². The zero-order valence-electron chi connectivity index (χ0n) is 17.4. The zero-order valence-corrected chi connectivity index (χ0v) is 22.2. The van der Waals surface area contributed by atoms with Gasteiger partial charge in [-0.15, -0.1) is 0 Å². The number of benzene rings is 2. The maximum absolute atomic E-state index is 13.5. The van der Waals surface area contributed by atoms with Crippen LogP contribution in [0.4, 0.5) is 0 Å². The van der Waals surface area contributed by atoms with Gasteiger partial charge in [-0.05, 0) is 87.2 Å². The van der Waals surface area contributed by atoms with Crippen molar-refractivity contribution < 1.29 is 14.6 Å². The largest absolute Gasteiger partial charge is 0.506 e. The highest BCUT2D eigenvalue weighted by Gasteiger charge is 2.33. The van der Waals surface area contributed by atoms with Gasteiger partial charge in [-0.2, -0.15) is 0 Å². The molecule has 0 amide bonds. The van der Waals surface area contributed by atoms with Gasteiger partial charge in [-0.1, -0.05) is 35.1 Å². The Morgan fingerprint density at radius 3 is 2.52 bits per heavy atom. The summed E-state index contributed by atoms with van der Waals surface area (Å²) in [5.41, 5.74) is 1.96. The number of halogens is 3. The molecule has 0 fully saturated rings. The van der Waals surface area contributed by atoms with E-state index in [4.69, 9.17) is 16.3 Å².